The highest BCUT2D eigenvalue weighted by Crippen LogP contribution is 2.24. The summed E-state index contributed by atoms with van der Waals surface area (Å²) < 4.78 is 0. The van der Waals surface area contributed by atoms with E-state index in [4.69, 9.17) is 23.2 Å². The molecule has 2 rings (SSSR count). The molecule has 0 aliphatic heterocycles. The van der Waals surface area contributed by atoms with Crippen LogP contribution in [0.1, 0.15) is 21.5 Å². The van der Waals surface area contributed by atoms with Crippen LogP contribution < -0.4 is 5.43 Å². The molecule has 0 bridgehead atoms. The molecule has 0 unspecified atom stereocenters. The Kier molecular flexibility index (Phi) is 4.77. The Morgan fingerprint density at radius 3 is 2.65 bits per heavy atom. The van der Waals surface area contributed by atoms with Gasteiger partial charge in [0.15, 0.2) is 0 Å². The van der Waals surface area contributed by atoms with E-state index in [0.29, 0.717) is 21.2 Å². The van der Waals surface area contributed by atoms with Crippen molar-refractivity contribution < 1.29 is 4.79 Å². The summed E-state index contributed by atoms with van der Waals surface area (Å²) in [6.07, 6.45) is 1.46. The minimum Gasteiger partial charge on any atom is -0.267 e. The average Bonchev–Trinajstić information content (AvgIpc) is 2.44. The second-order valence-electron chi connectivity index (χ2n) is 4.16. The van der Waals surface area contributed by atoms with Gasteiger partial charge in [-0.1, -0.05) is 53.5 Å². The number of rotatable bonds is 3. The molecule has 0 heterocycles. The normalized spacial score (nSPS) is 10.8. The minimum atomic E-state index is -0.266. The first-order valence-corrected chi connectivity index (χ1v) is 6.68. The number of amides is 1. The molecule has 0 saturated carbocycles. The maximum atomic E-state index is 11.9. The highest BCUT2D eigenvalue weighted by molar-refractivity contribution is 6.43. The average molecular weight is 307 g/mol. The molecule has 20 heavy (non-hydrogen) atoms. The van der Waals surface area contributed by atoms with E-state index < -0.39 is 0 Å². The molecule has 1 amide bonds. The van der Waals surface area contributed by atoms with Crippen molar-refractivity contribution in [1.29, 1.82) is 0 Å². The Balaban J connectivity index is 2.09. The number of nitrogens with one attached hydrogen (secondary N) is 1. The van der Waals surface area contributed by atoms with Crippen LogP contribution in [0.3, 0.4) is 0 Å². The standard InChI is InChI=1S/C15H12Cl2N2O/c1-10-5-2-3-7-12(10)15(20)19-18-9-11-6-4-8-13(16)14(11)17/h2-9H,1H3,(H,19,20)/b18-9+. The van der Waals surface area contributed by atoms with Gasteiger partial charge < -0.3 is 0 Å². The lowest BCUT2D eigenvalue weighted by Gasteiger charge is -2.03. The van der Waals surface area contributed by atoms with E-state index >= 15 is 0 Å². The van der Waals surface area contributed by atoms with Crippen LogP contribution in [0.15, 0.2) is 47.6 Å². The molecular formula is C15H12Cl2N2O. The van der Waals surface area contributed by atoms with E-state index in [1.165, 1.54) is 6.21 Å². The number of hydrazone groups is 1. The van der Waals surface area contributed by atoms with Gasteiger partial charge in [-0.2, -0.15) is 5.10 Å². The van der Waals surface area contributed by atoms with Gasteiger partial charge in [0.05, 0.1) is 16.3 Å². The fourth-order valence-electron chi connectivity index (χ4n) is 1.67. The second-order valence-corrected chi connectivity index (χ2v) is 4.94. The van der Waals surface area contributed by atoms with Crippen LogP contribution in [0, 0.1) is 6.92 Å². The van der Waals surface area contributed by atoms with Crippen LogP contribution in [-0.4, -0.2) is 12.1 Å². The fraction of sp³-hybridized carbons (Fsp3) is 0.0667. The molecule has 5 heteroatoms. The van der Waals surface area contributed by atoms with Crippen LogP contribution in [0.2, 0.25) is 10.0 Å². The number of halogens is 2. The molecule has 0 spiro atoms. The van der Waals surface area contributed by atoms with Crippen LogP contribution >= 0.6 is 23.2 Å². The van der Waals surface area contributed by atoms with Crippen molar-refractivity contribution in [2.75, 3.05) is 0 Å². The van der Waals surface area contributed by atoms with Gasteiger partial charge in [-0.05, 0) is 24.6 Å². The molecule has 0 aliphatic rings. The maximum Gasteiger partial charge on any atom is 0.271 e. The molecule has 2 aromatic carbocycles. The van der Waals surface area contributed by atoms with Crippen LogP contribution in [-0.2, 0) is 0 Å². The molecule has 0 radical (unpaired) electrons. The van der Waals surface area contributed by atoms with Gasteiger partial charge in [-0.15, -0.1) is 0 Å². The van der Waals surface area contributed by atoms with E-state index in [1.807, 2.05) is 19.1 Å². The van der Waals surface area contributed by atoms with Crippen molar-refractivity contribution in [1.82, 2.24) is 5.43 Å². The van der Waals surface area contributed by atoms with Crippen molar-refractivity contribution in [3.8, 4) is 0 Å². The molecule has 0 aromatic heterocycles. The molecule has 102 valence electrons. The van der Waals surface area contributed by atoms with Crippen molar-refractivity contribution in [2.45, 2.75) is 6.92 Å². The minimum absolute atomic E-state index is 0.266. The van der Waals surface area contributed by atoms with E-state index in [2.05, 4.69) is 10.5 Å². The van der Waals surface area contributed by atoms with Gasteiger partial charge in [-0.3, -0.25) is 4.79 Å². The number of carbonyl (C=O) groups is 1. The largest absolute Gasteiger partial charge is 0.271 e. The van der Waals surface area contributed by atoms with Gasteiger partial charge in [-0.25, -0.2) is 5.43 Å². The predicted octanol–water partition coefficient (Wildman–Crippen LogP) is 4.07. The zero-order valence-electron chi connectivity index (χ0n) is 10.7. The van der Waals surface area contributed by atoms with Crippen LogP contribution in [0.25, 0.3) is 0 Å². The van der Waals surface area contributed by atoms with E-state index in [-0.39, 0.29) is 5.91 Å². The van der Waals surface area contributed by atoms with E-state index in [9.17, 15) is 4.79 Å². The summed E-state index contributed by atoms with van der Waals surface area (Å²) in [6.45, 7) is 1.87. The Labute approximate surface area is 127 Å². The van der Waals surface area contributed by atoms with Crippen LogP contribution in [0.5, 0.6) is 0 Å². The third kappa shape index (κ3) is 3.38. The van der Waals surface area contributed by atoms with E-state index in [0.717, 1.165) is 5.56 Å². The number of benzene rings is 2. The van der Waals surface area contributed by atoms with Gasteiger partial charge in [0.25, 0.3) is 5.91 Å². The summed E-state index contributed by atoms with van der Waals surface area (Å²) in [7, 11) is 0. The first-order chi connectivity index (χ1) is 9.59. The first-order valence-electron chi connectivity index (χ1n) is 5.92. The molecule has 0 aliphatic carbocycles. The molecule has 2 aromatic rings. The summed E-state index contributed by atoms with van der Waals surface area (Å²) >= 11 is 11.9. The first kappa shape index (κ1) is 14.6. The van der Waals surface area contributed by atoms with Gasteiger partial charge in [0.2, 0.25) is 0 Å². The van der Waals surface area contributed by atoms with Crippen LogP contribution in [0.4, 0.5) is 0 Å². The number of aryl methyl sites for hydroxylation is 1. The molecular weight excluding hydrogens is 295 g/mol. The number of nitrogens with zero attached hydrogens (tertiary/aromatic N) is 1. The summed E-state index contributed by atoms with van der Waals surface area (Å²) in [4.78, 5) is 11.9. The van der Waals surface area contributed by atoms with E-state index in [1.54, 1.807) is 30.3 Å². The van der Waals surface area contributed by atoms with Crippen molar-refractivity contribution in [3.63, 3.8) is 0 Å². The second kappa shape index (κ2) is 6.55. The quantitative estimate of drug-likeness (QED) is 0.674. The SMILES string of the molecule is Cc1ccccc1C(=O)N/N=C/c1cccc(Cl)c1Cl. The maximum absolute atomic E-state index is 11.9. The molecule has 0 saturated heterocycles. The zero-order valence-corrected chi connectivity index (χ0v) is 12.2. The lowest BCUT2D eigenvalue weighted by Crippen LogP contribution is -2.18. The van der Waals surface area contributed by atoms with Gasteiger partial charge in [0.1, 0.15) is 0 Å². The number of hydrogen-bond acceptors (Lipinski definition) is 2. The highest BCUT2D eigenvalue weighted by atomic mass is 35.5. The van der Waals surface area contributed by atoms with Crippen molar-refractivity contribution in [3.05, 3.63) is 69.2 Å². The number of carbonyl (C=O) groups excluding carboxylic acids is 1. The molecule has 3 nitrogen and oxygen atoms in total. The summed E-state index contributed by atoms with van der Waals surface area (Å²) in [5.41, 5.74) is 4.58. The third-order valence-electron chi connectivity index (χ3n) is 2.74. The molecule has 0 fully saturated rings. The predicted molar refractivity (Wildman–Crippen MR) is 82.7 cm³/mol. The van der Waals surface area contributed by atoms with Crippen molar-refractivity contribution >= 4 is 35.3 Å². The monoisotopic (exact) mass is 306 g/mol. The topological polar surface area (TPSA) is 41.5 Å². The summed E-state index contributed by atoms with van der Waals surface area (Å²) in [6, 6.07) is 12.5. The summed E-state index contributed by atoms with van der Waals surface area (Å²) in [5, 5.41) is 4.74. The Morgan fingerprint density at radius 2 is 1.90 bits per heavy atom. The van der Waals surface area contributed by atoms with Crippen molar-refractivity contribution in [2.24, 2.45) is 5.10 Å². The lowest BCUT2D eigenvalue weighted by atomic mass is 10.1. The third-order valence-corrected chi connectivity index (χ3v) is 3.57. The molecule has 1 N–H and O–H groups in total. The fourth-order valence-corrected chi connectivity index (χ4v) is 2.03. The Hall–Kier alpha value is -1.84. The van der Waals surface area contributed by atoms with Gasteiger partial charge >= 0.3 is 0 Å². The smallest absolute Gasteiger partial charge is 0.267 e. The number of hydrogen-bond donors (Lipinski definition) is 1. The van der Waals surface area contributed by atoms with Gasteiger partial charge in [0, 0.05) is 11.1 Å². The lowest BCUT2D eigenvalue weighted by molar-refractivity contribution is 0.0954. The Bertz CT molecular complexity index is 669. The Morgan fingerprint density at radius 1 is 1.15 bits per heavy atom. The summed E-state index contributed by atoms with van der Waals surface area (Å²) in [5.74, 6) is -0.266. The highest BCUT2D eigenvalue weighted by Gasteiger charge is 2.06. The zero-order chi connectivity index (χ0) is 14.5. The molecule has 0 atom stereocenters.